The van der Waals surface area contributed by atoms with Gasteiger partial charge in [-0.3, -0.25) is 9.59 Å². The van der Waals surface area contributed by atoms with Crippen molar-refractivity contribution in [2.24, 2.45) is 11.8 Å². The van der Waals surface area contributed by atoms with E-state index in [9.17, 15) is 14.9 Å². The molecule has 0 saturated heterocycles. The minimum Gasteiger partial charge on any atom is -0.491 e. The number of hydrogen-bond donors (Lipinski definition) is 2. The van der Waals surface area contributed by atoms with Crippen LogP contribution < -0.4 is 10.1 Å². The number of carbonyl (C=O) groups is 2. The van der Waals surface area contributed by atoms with E-state index < -0.39 is 5.54 Å². The molecule has 2 amide bonds. The number of amides is 2. The minimum absolute atomic E-state index is 0.0787. The smallest absolute Gasteiger partial charge is 0.226 e. The van der Waals surface area contributed by atoms with E-state index in [0.29, 0.717) is 39.0 Å². The molecule has 7 nitrogen and oxygen atoms in total. The van der Waals surface area contributed by atoms with Crippen LogP contribution in [-0.2, 0) is 22.6 Å². The number of benzene rings is 1. The van der Waals surface area contributed by atoms with Crippen molar-refractivity contribution in [3.05, 3.63) is 29.5 Å². The second kappa shape index (κ2) is 8.74. The molecule has 2 fully saturated rings. The van der Waals surface area contributed by atoms with E-state index in [0.717, 1.165) is 54.3 Å². The lowest BCUT2D eigenvalue weighted by Gasteiger charge is -2.36. The summed E-state index contributed by atoms with van der Waals surface area (Å²) in [7, 11) is 0. The summed E-state index contributed by atoms with van der Waals surface area (Å²) in [4.78, 5) is 32.1. The van der Waals surface area contributed by atoms with Gasteiger partial charge in [-0.05, 0) is 38.2 Å². The first kappa shape index (κ1) is 21.8. The molecule has 0 bridgehead atoms. The summed E-state index contributed by atoms with van der Waals surface area (Å²) >= 11 is 0. The van der Waals surface area contributed by atoms with Crippen LogP contribution in [0.4, 0.5) is 0 Å². The fourth-order valence-corrected chi connectivity index (χ4v) is 5.42. The number of rotatable bonds is 6. The van der Waals surface area contributed by atoms with Crippen LogP contribution in [0.15, 0.2) is 18.2 Å². The van der Waals surface area contributed by atoms with Gasteiger partial charge in [0.05, 0.1) is 18.2 Å². The topological polar surface area (TPSA) is 98.2 Å². The first-order valence-electron chi connectivity index (χ1n) is 12.3. The van der Waals surface area contributed by atoms with E-state index in [1.54, 1.807) is 0 Å². The van der Waals surface area contributed by atoms with E-state index in [2.05, 4.69) is 29.4 Å². The van der Waals surface area contributed by atoms with Crippen molar-refractivity contribution in [2.75, 3.05) is 13.2 Å². The molecule has 2 heterocycles. The maximum absolute atomic E-state index is 13.6. The number of ether oxygens (including phenoxy) is 1. The van der Waals surface area contributed by atoms with E-state index in [1.165, 1.54) is 5.69 Å². The number of aromatic amines is 1. The van der Waals surface area contributed by atoms with E-state index in [1.807, 2.05) is 17.0 Å². The third kappa shape index (κ3) is 4.07. The van der Waals surface area contributed by atoms with Gasteiger partial charge in [0, 0.05) is 48.0 Å². The Morgan fingerprint density at radius 2 is 2.06 bits per heavy atom. The zero-order valence-corrected chi connectivity index (χ0v) is 19.3. The molecule has 7 heteroatoms. The Labute approximate surface area is 194 Å². The van der Waals surface area contributed by atoms with Gasteiger partial charge < -0.3 is 19.9 Å². The Morgan fingerprint density at radius 3 is 2.79 bits per heavy atom. The zero-order chi connectivity index (χ0) is 23.0. The molecule has 2 unspecified atom stereocenters. The van der Waals surface area contributed by atoms with Gasteiger partial charge in [-0.2, -0.15) is 5.26 Å². The number of nitriles is 1. The van der Waals surface area contributed by atoms with Gasteiger partial charge >= 0.3 is 0 Å². The lowest BCUT2D eigenvalue weighted by atomic mass is 9.77. The average Bonchev–Trinajstić information content (AvgIpc) is 3.52. The van der Waals surface area contributed by atoms with Crippen molar-refractivity contribution in [3.8, 4) is 11.8 Å². The van der Waals surface area contributed by atoms with Gasteiger partial charge in [0.2, 0.25) is 11.8 Å². The number of nitrogens with zero attached hydrogens (tertiary/aromatic N) is 2. The number of para-hydroxylation sites is 1. The highest BCUT2D eigenvalue weighted by atomic mass is 16.5. The van der Waals surface area contributed by atoms with Crippen LogP contribution in [0.2, 0.25) is 0 Å². The standard InChI is InChI=1S/C26H32N4O3/c1-2-14-33-22-9-5-8-17-20-15-30(13-10-21(20)28-23(17)22)25(32)19-7-4-3-6-18(19)24(31)29-26(16-27)11-12-26/h5,8-9,18-19,28H,2-4,6-7,10-15H2,1H3,(H,29,31). The molecule has 2 saturated carbocycles. The van der Waals surface area contributed by atoms with Crippen LogP contribution in [0, 0.1) is 23.2 Å². The second-order valence-corrected chi connectivity index (χ2v) is 9.80. The maximum atomic E-state index is 13.6. The molecule has 2 aromatic rings. The molecule has 174 valence electrons. The quantitative estimate of drug-likeness (QED) is 0.702. The second-order valence-electron chi connectivity index (χ2n) is 9.80. The van der Waals surface area contributed by atoms with Gasteiger partial charge in [-0.25, -0.2) is 0 Å². The summed E-state index contributed by atoms with van der Waals surface area (Å²) in [6, 6.07) is 8.31. The Morgan fingerprint density at radius 1 is 1.27 bits per heavy atom. The van der Waals surface area contributed by atoms with Crippen LogP contribution in [0.25, 0.3) is 10.9 Å². The molecule has 2 aliphatic carbocycles. The molecule has 33 heavy (non-hydrogen) atoms. The summed E-state index contributed by atoms with van der Waals surface area (Å²) < 4.78 is 5.93. The highest BCUT2D eigenvalue weighted by Gasteiger charge is 2.47. The highest BCUT2D eigenvalue weighted by Crippen LogP contribution is 2.39. The van der Waals surface area contributed by atoms with Crippen LogP contribution in [0.3, 0.4) is 0 Å². The van der Waals surface area contributed by atoms with Crippen molar-refractivity contribution >= 4 is 22.7 Å². The zero-order valence-electron chi connectivity index (χ0n) is 19.3. The first-order chi connectivity index (χ1) is 16.0. The summed E-state index contributed by atoms with van der Waals surface area (Å²) in [6.45, 7) is 3.97. The van der Waals surface area contributed by atoms with Gasteiger partial charge in [0.25, 0.3) is 0 Å². The lowest BCUT2D eigenvalue weighted by molar-refractivity contribution is -0.144. The number of carbonyl (C=O) groups excluding carboxylic acids is 2. The molecule has 3 aliphatic rings. The summed E-state index contributed by atoms with van der Waals surface area (Å²) in [5.74, 6) is 0.181. The lowest BCUT2D eigenvalue weighted by Crippen LogP contribution is -2.48. The van der Waals surface area contributed by atoms with Gasteiger partial charge in [-0.1, -0.05) is 31.9 Å². The predicted octanol–water partition coefficient (Wildman–Crippen LogP) is 3.82. The Bertz CT molecular complexity index is 1110. The number of fused-ring (bicyclic) bond motifs is 3. The molecule has 1 aliphatic heterocycles. The maximum Gasteiger partial charge on any atom is 0.226 e. The number of aromatic nitrogens is 1. The van der Waals surface area contributed by atoms with Crippen molar-refractivity contribution in [3.63, 3.8) is 0 Å². The van der Waals surface area contributed by atoms with Crippen molar-refractivity contribution in [1.82, 2.24) is 15.2 Å². The molecule has 5 rings (SSSR count). The van der Waals surface area contributed by atoms with Crippen LogP contribution in [-0.4, -0.2) is 40.4 Å². The van der Waals surface area contributed by atoms with Gasteiger partial charge in [0.15, 0.2) is 0 Å². The van der Waals surface area contributed by atoms with Crippen LogP contribution in [0.5, 0.6) is 5.75 Å². The summed E-state index contributed by atoms with van der Waals surface area (Å²) in [5.41, 5.74) is 2.64. The van der Waals surface area contributed by atoms with Crippen LogP contribution >= 0.6 is 0 Å². The van der Waals surface area contributed by atoms with Crippen molar-refractivity contribution in [1.29, 1.82) is 5.26 Å². The normalized spacial score (nSPS) is 23.5. The fraction of sp³-hybridized carbons (Fsp3) is 0.577. The molecule has 1 aromatic heterocycles. The molecular weight excluding hydrogens is 416 g/mol. The number of hydrogen-bond acceptors (Lipinski definition) is 4. The van der Waals surface area contributed by atoms with Crippen LogP contribution in [0.1, 0.15) is 63.1 Å². The summed E-state index contributed by atoms with van der Waals surface area (Å²) in [6.07, 6.45) is 6.51. The largest absolute Gasteiger partial charge is 0.491 e. The Kier molecular flexibility index (Phi) is 5.77. The SMILES string of the molecule is CCCOc1cccc2c3c([nH]c12)CCN(C(=O)C1CCCCC1C(=O)NC1(C#N)CC1)C3. The minimum atomic E-state index is -0.691. The molecule has 0 spiro atoms. The molecule has 2 atom stereocenters. The van der Waals surface area contributed by atoms with Crippen molar-refractivity contribution in [2.45, 2.75) is 70.4 Å². The van der Waals surface area contributed by atoms with Gasteiger partial charge in [0.1, 0.15) is 11.3 Å². The molecule has 1 aromatic carbocycles. The average molecular weight is 449 g/mol. The Balaban J connectivity index is 1.34. The third-order valence-electron chi connectivity index (χ3n) is 7.49. The predicted molar refractivity (Wildman–Crippen MR) is 124 cm³/mol. The van der Waals surface area contributed by atoms with Crippen molar-refractivity contribution < 1.29 is 14.3 Å². The molecular formula is C26H32N4O3. The van der Waals surface area contributed by atoms with Gasteiger partial charge in [-0.15, -0.1) is 0 Å². The van der Waals surface area contributed by atoms with E-state index >= 15 is 0 Å². The Hall–Kier alpha value is -3.01. The van der Waals surface area contributed by atoms with E-state index in [-0.39, 0.29) is 23.7 Å². The molecule has 0 radical (unpaired) electrons. The number of nitrogens with one attached hydrogen (secondary N) is 2. The third-order valence-corrected chi connectivity index (χ3v) is 7.49. The first-order valence-corrected chi connectivity index (χ1v) is 12.3. The fourth-order valence-electron chi connectivity index (χ4n) is 5.42. The summed E-state index contributed by atoms with van der Waals surface area (Å²) in [5, 5.41) is 13.4. The monoisotopic (exact) mass is 448 g/mol. The highest BCUT2D eigenvalue weighted by molar-refractivity contribution is 5.92. The molecule has 2 N–H and O–H groups in total. The number of H-pyrrole nitrogens is 1. The van der Waals surface area contributed by atoms with E-state index in [4.69, 9.17) is 4.74 Å².